The molecule has 9 nitrogen and oxygen atoms in total. The summed E-state index contributed by atoms with van der Waals surface area (Å²) in [5, 5.41) is 0. The number of ether oxygens (including phenoxy) is 4. The second-order valence-corrected chi connectivity index (χ2v) is 8.82. The predicted octanol–water partition coefficient (Wildman–Crippen LogP) is 2.14. The van der Waals surface area contributed by atoms with Gasteiger partial charge in [-0.25, -0.2) is 4.79 Å². The van der Waals surface area contributed by atoms with Gasteiger partial charge in [0.05, 0.1) is 31.6 Å². The molecule has 0 bridgehead atoms. The van der Waals surface area contributed by atoms with Gasteiger partial charge in [0.2, 0.25) is 0 Å². The van der Waals surface area contributed by atoms with Crippen molar-refractivity contribution >= 4 is 23.8 Å². The number of fused-ring (bicyclic) bond motifs is 1. The van der Waals surface area contributed by atoms with Crippen molar-refractivity contribution in [3.05, 3.63) is 35.9 Å². The van der Waals surface area contributed by atoms with Gasteiger partial charge in [-0.05, 0) is 27.7 Å². The van der Waals surface area contributed by atoms with Gasteiger partial charge in [0, 0.05) is 12.5 Å². The maximum absolute atomic E-state index is 13.7. The summed E-state index contributed by atoms with van der Waals surface area (Å²) in [6.45, 7) is 7.86. The maximum atomic E-state index is 13.7. The molecule has 1 aromatic carbocycles. The minimum Gasteiger partial charge on any atom is -0.463 e. The van der Waals surface area contributed by atoms with E-state index in [0.717, 1.165) is 6.92 Å². The highest BCUT2D eigenvalue weighted by Crippen LogP contribution is 2.48. The Labute approximate surface area is 186 Å². The fourth-order valence-electron chi connectivity index (χ4n) is 4.29. The van der Waals surface area contributed by atoms with Gasteiger partial charge in [0.25, 0.3) is 11.5 Å². The third-order valence-corrected chi connectivity index (χ3v) is 5.35. The summed E-state index contributed by atoms with van der Waals surface area (Å²) < 4.78 is 21.9. The summed E-state index contributed by atoms with van der Waals surface area (Å²) in [5.41, 5.74) is -2.37. The van der Waals surface area contributed by atoms with Crippen molar-refractivity contribution < 1.29 is 38.1 Å². The molecule has 2 saturated heterocycles. The smallest absolute Gasteiger partial charge is 0.361 e. The van der Waals surface area contributed by atoms with Crippen molar-refractivity contribution in [2.45, 2.75) is 64.5 Å². The molecule has 0 aromatic heterocycles. The number of carbonyl (C=O) groups is 4. The Balaban J connectivity index is 2.07. The molecule has 174 valence electrons. The summed E-state index contributed by atoms with van der Waals surface area (Å²) in [4.78, 5) is 53.0. The highest BCUT2D eigenvalue weighted by Gasteiger charge is 2.71. The van der Waals surface area contributed by atoms with E-state index in [-0.39, 0.29) is 19.6 Å². The van der Waals surface area contributed by atoms with Crippen LogP contribution in [0.4, 0.5) is 0 Å². The van der Waals surface area contributed by atoms with E-state index in [0.29, 0.717) is 5.56 Å². The van der Waals surface area contributed by atoms with Crippen LogP contribution in [-0.4, -0.2) is 59.2 Å². The lowest BCUT2D eigenvalue weighted by Gasteiger charge is -2.31. The zero-order chi connectivity index (χ0) is 23.7. The van der Waals surface area contributed by atoms with Crippen LogP contribution >= 0.6 is 0 Å². The normalized spacial score (nSPS) is 27.1. The van der Waals surface area contributed by atoms with E-state index >= 15 is 0 Å². The minimum absolute atomic E-state index is 0.0302. The SMILES string of the molecule is CCOC(=O)C1(OC(C)=O)C(=O)N2[C@@H](c3ccccc3)OC[C@@H]2[C@H]1CC(=O)OC(C)(C)C. The average Bonchev–Trinajstić information content (AvgIpc) is 3.21. The Bertz CT molecular complexity index is 893. The molecule has 0 saturated carbocycles. The summed E-state index contributed by atoms with van der Waals surface area (Å²) >= 11 is 0. The lowest BCUT2D eigenvalue weighted by Crippen LogP contribution is -2.56. The second kappa shape index (κ2) is 8.90. The quantitative estimate of drug-likeness (QED) is 0.371. The summed E-state index contributed by atoms with van der Waals surface area (Å²) in [6, 6.07) is 8.32. The summed E-state index contributed by atoms with van der Waals surface area (Å²) in [7, 11) is 0. The number of carbonyl (C=O) groups excluding carboxylic acids is 4. The second-order valence-electron chi connectivity index (χ2n) is 8.82. The molecule has 2 heterocycles. The molecule has 0 N–H and O–H groups in total. The standard InChI is InChI=1S/C23H29NO8/c1-6-29-21(28)23(31-14(2)25)16(12-18(26)32-22(3,4)5)17-13-30-19(24(17)20(23)27)15-10-8-7-9-11-15/h7-11,16-17,19H,6,12-13H2,1-5H3/t16-,17-,19-,23?/m1/s1. The van der Waals surface area contributed by atoms with Crippen LogP contribution in [0.2, 0.25) is 0 Å². The number of hydrogen-bond acceptors (Lipinski definition) is 8. The molecule has 1 amide bonds. The van der Waals surface area contributed by atoms with Crippen LogP contribution in [0.3, 0.4) is 0 Å². The topological polar surface area (TPSA) is 108 Å². The third-order valence-electron chi connectivity index (χ3n) is 5.35. The van der Waals surface area contributed by atoms with Gasteiger partial charge in [-0.1, -0.05) is 30.3 Å². The Morgan fingerprint density at radius 3 is 2.41 bits per heavy atom. The van der Waals surface area contributed by atoms with E-state index in [4.69, 9.17) is 18.9 Å². The number of amides is 1. The Morgan fingerprint density at radius 2 is 1.84 bits per heavy atom. The molecule has 0 aliphatic carbocycles. The molecule has 9 heteroatoms. The van der Waals surface area contributed by atoms with E-state index in [9.17, 15) is 19.2 Å². The molecule has 2 aliphatic heterocycles. The van der Waals surface area contributed by atoms with E-state index in [1.807, 2.05) is 6.07 Å². The molecular formula is C23H29NO8. The van der Waals surface area contributed by atoms with Crippen molar-refractivity contribution in [2.24, 2.45) is 5.92 Å². The van der Waals surface area contributed by atoms with Crippen molar-refractivity contribution in [3.63, 3.8) is 0 Å². The summed E-state index contributed by atoms with van der Waals surface area (Å²) in [6.07, 6.45) is -1.12. The Kier molecular flexibility index (Phi) is 6.59. The van der Waals surface area contributed by atoms with Gasteiger partial charge in [0.1, 0.15) is 5.60 Å². The van der Waals surface area contributed by atoms with Crippen molar-refractivity contribution in [2.75, 3.05) is 13.2 Å². The van der Waals surface area contributed by atoms with Crippen LogP contribution in [-0.2, 0) is 38.1 Å². The zero-order valence-corrected chi connectivity index (χ0v) is 19.0. The van der Waals surface area contributed by atoms with Gasteiger partial charge in [-0.3, -0.25) is 14.4 Å². The van der Waals surface area contributed by atoms with E-state index in [1.54, 1.807) is 52.0 Å². The van der Waals surface area contributed by atoms with Gasteiger partial charge >= 0.3 is 17.9 Å². The molecule has 4 atom stereocenters. The monoisotopic (exact) mass is 447 g/mol. The molecule has 32 heavy (non-hydrogen) atoms. The van der Waals surface area contributed by atoms with Crippen molar-refractivity contribution in [1.29, 1.82) is 0 Å². The molecule has 2 fully saturated rings. The first kappa shape index (κ1) is 23.7. The fourth-order valence-corrected chi connectivity index (χ4v) is 4.29. The highest BCUT2D eigenvalue weighted by molar-refractivity contribution is 6.10. The number of benzene rings is 1. The van der Waals surface area contributed by atoms with Crippen molar-refractivity contribution in [1.82, 2.24) is 4.90 Å². The van der Waals surface area contributed by atoms with Gasteiger partial charge < -0.3 is 23.8 Å². The van der Waals surface area contributed by atoms with Gasteiger partial charge in [-0.2, -0.15) is 0 Å². The predicted molar refractivity (Wildman–Crippen MR) is 111 cm³/mol. The fraction of sp³-hybridized carbons (Fsp3) is 0.565. The minimum atomic E-state index is -2.29. The molecule has 1 aromatic rings. The molecular weight excluding hydrogens is 418 g/mol. The Hall–Kier alpha value is -2.94. The van der Waals surface area contributed by atoms with Crippen LogP contribution in [0.1, 0.15) is 52.8 Å². The van der Waals surface area contributed by atoms with E-state index in [1.165, 1.54) is 4.90 Å². The number of rotatable bonds is 6. The zero-order valence-electron chi connectivity index (χ0n) is 19.0. The molecule has 0 radical (unpaired) electrons. The summed E-state index contributed by atoms with van der Waals surface area (Å²) in [5.74, 6) is -4.27. The number of nitrogens with zero attached hydrogens (tertiary/aromatic N) is 1. The van der Waals surface area contributed by atoms with Crippen LogP contribution in [0.15, 0.2) is 30.3 Å². The largest absolute Gasteiger partial charge is 0.463 e. The lowest BCUT2D eigenvalue weighted by atomic mass is 9.83. The van der Waals surface area contributed by atoms with E-state index in [2.05, 4.69) is 0 Å². The van der Waals surface area contributed by atoms with Crippen LogP contribution in [0, 0.1) is 5.92 Å². The Morgan fingerprint density at radius 1 is 1.19 bits per heavy atom. The lowest BCUT2D eigenvalue weighted by molar-refractivity contribution is -0.192. The maximum Gasteiger partial charge on any atom is 0.361 e. The average molecular weight is 447 g/mol. The molecule has 3 rings (SSSR count). The van der Waals surface area contributed by atoms with Crippen LogP contribution < -0.4 is 0 Å². The molecule has 1 unspecified atom stereocenters. The van der Waals surface area contributed by atoms with Crippen LogP contribution in [0.25, 0.3) is 0 Å². The first-order valence-corrected chi connectivity index (χ1v) is 10.6. The third kappa shape index (κ3) is 4.34. The molecule has 2 aliphatic rings. The first-order chi connectivity index (χ1) is 15.0. The van der Waals surface area contributed by atoms with E-state index < -0.39 is 53.2 Å². The molecule has 0 spiro atoms. The number of esters is 3. The number of hydrogen-bond donors (Lipinski definition) is 0. The highest BCUT2D eigenvalue weighted by atomic mass is 16.6. The van der Waals surface area contributed by atoms with Gasteiger partial charge in [0.15, 0.2) is 6.23 Å². The van der Waals surface area contributed by atoms with Crippen molar-refractivity contribution in [3.8, 4) is 0 Å². The van der Waals surface area contributed by atoms with Crippen LogP contribution in [0.5, 0.6) is 0 Å². The first-order valence-electron chi connectivity index (χ1n) is 10.6. The van der Waals surface area contributed by atoms with Gasteiger partial charge in [-0.15, -0.1) is 0 Å².